The van der Waals surface area contributed by atoms with E-state index in [2.05, 4.69) is 70.7 Å². The lowest BCUT2D eigenvalue weighted by Gasteiger charge is -2.12. The average molecular weight is 346 g/mol. The van der Waals surface area contributed by atoms with Crippen molar-refractivity contribution in [1.82, 2.24) is 0 Å². The molecule has 3 heteroatoms. The van der Waals surface area contributed by atoms with Crippen molar-refractivity contribution in [3.05, 3.63) is 69.0 Å². The molecule has 0 saturated carbocycles. The predicted molar refractivity (Wildman–Crippen MR) is 91.3 cm³/mol. The number of thiophene rings is 1. The van der Waals surface area contributed by atoms with Crippen LogP contribution >= 0.6 is 27.3 Å². The van der Waals surface area contributed by atoms with Crippen LogP contribution in [-0.4, -0.2) is 0 Å². The second kappa shape index (κ2) is 5.68. The van der Waals surface area contributed by atoms with Crippen LogP contribution in [0.3, 0.4) is 0 Å². The topological polar surface area (TPSA) is 26.0 Å². The van der Waals surface area contributed by atoms with Crippen LogP contribution < -0.4 is 5.73 Å². The molecule has 3 rings (SSSR count). The van der Waals surface area contributed by atoms with Gasteiger partial charge in [-0.3, -0.25) is 0 Å². The first-order chi connectivity index (χ1) is 9.65. The Morgan fingerprint density at radius 3 is 2.80 bits per heavy atom. The maximum absolute atomic E-state index is 6.43. The Morgan fingerprint density at radius 1 is 1.20 bits per heavy atom. The largest absolute Gasteiger partial charge is 0.324 e. The minimum atomic E-state index is 0.0415. The quantitative estimate of drug-likeness (QED) is 0.692. The van der Waals surface area contributed by atoms with Crippen LogP contribution in [0.4, 0.5) is 0 Å². The lowest BCUT2D eigenvalue weighted by molar-refractivity contribution is 0.730. The summed E-state index contributed by atoms with van der Waals surface area (Å²) >= 11 is 5.36. The van der Waals surface area contributed by atoms with Crippen LogP contribution in [0.15, 0.2) is 52.3 Å². The number of rotatable bonds is 3. The zero-order valence-electron chi connectivity index (χ0n) is 11.3. The molecule has 1 unspecified atom stereocenters. The summed E-state index contributed by atoms with van der Waals surface area (Å²) in [4.78, 5) is 0. The Labute approximate surface area is 131 Å². The van der Waals surface area contributed by atoms with Gasteiger partial charge in [0.05, 0.1) is 0 Å². The number of halogens is 1. The smallest absolute Gasteiger partial charge is 0.0488 e. The Balaban J connectivity index is 1.93. The van der Waals surface area contributed by atoms with Crippen molar-refractivity contribution in [2.24, 2.45) is 5.73 Å². The molecular formula is C17H16BrNS. The zero-order valence-corrected chi connectivity index (χ0v) is 13.7. The van der Waals surface area contributed by atoms with Gasteiger partial charge >= 0.3 is 0 Å². The van der Waals surface area contributed by atoms with Crippen LogP contribution in [0.2, 0.25) is 0 Å². The fourth-order valence-electron chi connectivity index (χ4n) is 2.53. The summed E-state index contributed by atoms with van der Waals surface area (Å²) in [7, 11) is 0. The third-order valence-electron chi connectivity index (χ3n) is 3.52. The van der Waals surface area contributed by atoms with E-state index < -0.39 is 0 Å². The van der Waals surface area contributed by atoms with Gasteiger partial charge in [0.2, 0.25) is 0 Å². The second-order valence-electron chi connectivity index (χ2n) is 5.11. The molecular weight excluding hydrogens is 330 g/mol. The standard InChI is InChI=1S/C17H16BrNS/c1-11-4-2-5-12(8-11)9-16(19)14-10-20-17-13(14)6-3-7-15(17)18/h2-8,10,16H,9,19H2,1H3. The highest BCUT2D eigenvalue weighted by molar-refractivity contribution is 9.10. The molecule has 1 aromatic heterocycles. The van der Waals surface area contributed by atoms with E-state index >= 15 is 0 Å². The summed E-state index contributed by atoms with van der Waals surface area (Å²) in [5, 5.41) is 3.46. The van der Waals surface area contributed by atoms with Crippen LogP contribution in [0.1, 0.15) is 22.7 Å². The van der Waals surface area contributed by atoms with E-state index in [0.717, 1.165) is 10.9 Å². The minimum absolute atomic E-state index is 0.0415. The van der Waals surface area contributed by atoms with Crippen molar-refractivity contribution in [2.45, 2.75) is 19.4 Å². The number of fused-ring (bicyclic) bond motifs is 1. The van der Waals surface area contributed by atoms with Gasteiger partial charge in [-0.05, 0) is 57.2 Å². The predicted octanol–water partition coefficient (Wildman–Crippen LogP) is 5.21. The number of benzene rings is 2. The highest BCUT2D eigenvalue weighted by Crippen LogP contribution is 2.35. The first kappa shape index (κ1) is 13.8. The normalized spacial score (nSPS) is 12.8. The molecule has 0 bridgehead atoms. The van der Waals surface area contributed by atoms with Gasteiger partial charge in [0, 0.05) is 15.2 Å². The molecule has 3 aromatic rings. The van der Waals surface area contributed by atoms with Crippen LogP contribution in [0.5, 0.6) is 0 Å². The van der Waals surface area contributed by atoms with E-state index in [4.69, 9.17) is 5.73 Å². The van der Waals surface area contributed by atoms with Gasteiger partial charge in [-0.25, -0.2) is 0 Å². The van der Waals surface area contributed by atoms with Crippen molar-refractivity contribution in [1.29, 1.82) is 0 Å². The van der Waals surface area contributed by atoms with Crippen LogP contribution in [-0.2, 0) is 6.42 Å². The van der Waals surface area contributed by atoms with E-state index in [1.165, 1.54) is 26.8 Å². The van der Waals surface area contributed by atoms with Gasteiger partial charge in [0.25, 0.3) is 0 Å². The van der Waals surface area contributed by atoms with Crippen molar-refractivity contribution >= 4 is 37.4 Å². The molecule has 0 amide bonds. The molecule has 0 aliphatic rings. The highest BCUT2D eigenvalue weighted by Gasteiger charge is 2.13. The summed E-state index contributed by atoms with van der Waals surface area (Å²) in [6.45, 7) is 2.12. The van der Waals surface area contributed by atoms with Crippen molar-refractivity contribution in [3.8, 4) is 0 Å². The lowest BCUT2D eigenvalue weighted by atomic mass is 9.98. The molecule has 2 aromatic carbocycles. The molecule has 2 N–H and O–H groups in total. The molecule has 0 radical (unpaired) electrons. The molecule has 1 heterocycles. The fourth-order valence-corrected chi connectivity index (χ4v) is 4.22. The number of aryl methyl sites for hydroxylation is 1. The Kier molecular flexibility index (Phi) is 3.92. The van der Waals surface area contributed by atoms with Gasteiger partial charge in [0.1, 0.15) is 0 Å². The van der Waals surface area contributed by atoms with Gasteiger partial charge in [-0.15, -0.1) is 11.3 Å². The zero-order chi connectivity index (χ0) is 14.1. The molecule has 0 fully saturated rings. The SMILES string of the molecule is Cc1cccc(CC(N)c2csc3c(Br)cccc23)c1. The van der Waals surface area contributed by atoms with E-state index in [1.54, 1.807) is 11.3 Å². The number of nitrogens with two attached hydrogens (primary N) is 1. The summed E-state index contributed by atoms with van der Waals surface area (Å²) in [6, 6.07) is 14.9. The van der Waals surface area contributed by atoms with Crippen molar-refractivity contribution in [3.63, 3.8) is 0 Å². The van der Waals surface area contributed by atoms with Gasteiger partial charge in [0.15, 0.2) is 0 Å². The Bertz CT molecular complexity index is 748. The van der Waals surface area contributed by atoms with Crippen molar-refractivity contribution < 1.29 is 0 Å². The monoisotopic (exact) mass is 345 g/mol. The number of hydrogen-bond donors (Lipinski definition) is 1. The first-order valence-corrected chi connectivity index (χ1v) is 8.29. The molecule has 1 atom stereocenters. The van der Waals surface area contributed by atoms with E-state index in [0.29, 0.717) is 0 Å². The summed E-state index contributed by atoms with van der Waals surface area (Å²) in [6.07, 6.45) is 0.875. The molecule has 0 aliphatic heterocycles. The maximum Gasteiger partial charge on any atom is 0.0488 e. The van der Waals surface area contributed by atoms with Crippen molar-refractivity contribution in [2.75, 3.05) is 0 Å². The highest BCUT2D eigenvalue weighted by atomic mass is 79.9. The molecule has 0 aliphatic carbocycles. The third-order valence-corrected chi connectivity index (χ3v) is 5.49. The molecule has 0 saturated heterocycles. The summed E-state index contributed by atoms with van der Waals surface area (Å²) in [5.74, 6) is 0. The molecule has 102 valence electrons. The Hall–Kier alpha value is -1.16. The van der Waals surface area contributed by atoms with Gasteiger partial charge in [-0.2, -0.15) is 0 Å². The third kappa shape index (κ3) is 2.66. The van der Waals surface area contributed by atoms with Crippen LogP contribution in [0, 0.1) is 6.92 Å². The van der Waals surface area contributed by atoms with Gasteiger partial charge < -0.3 is 5.73 Å². The minimum Gasteiger partial charge on any atom is -0.324 e. The number of hydrogen-bond acceptors (Lipinski definition) is 2. The van der Waals surface area contributed by atoms with Gasteiger partial charge in [-0.1, -0.05) is 42.0 Å². The first-order valence-electron chi connectivity index (χ1n) is 6.62. The lowest BCUT2D eigenvalue weighted by Crippen LogP contribution is -2.12. The van der Waals surface area contributed by atoms with E-state index in [9.17, 15) is 0 Å². The van der Waals surface area contributed by atoms with E-state index in [-0.39, 0.29) is 6.04 Å². The molecule has 0 spiro atoms. The second-order valence-corrected chi connectivity index (χ2v) is 6.84. The Morgan fingerprint density at radius 2 is 2.00 bits per heavy atom. The fraction of sp³-hybridized carbons (Fsp3) is 0.176. The maximum atomic E-state index is 6.43. The molecule has 1 nitrogen and oxygen atoms in total. The molecule has 20 heavy (non-hydrogen) atoms. The average Bonchev–Trinajstić information content (AvgIpc) is 2.84. The summed E-state index contributed by atoms with van der Waals surface area (Å²) in [5.41, 5.74) is 10.3. The summed E-state index contributed by atoms with van der Waals surface area (Å²) < 4.78 is 2.43. The van der Waals surface area contributed by atoms with E-state index in [1.807, 2.05) is 0 Å². The van der Waals surface area contributed by atoms with Crippen LogP contribution in [0.25, 0.3) is 10.1 Å².